The van der Waals surface area contributed by atoms with E-state index in [-0.39, 0.29) is 12.5 Å². The molecule has 21 heavy (non-hydrogen) atoms. The van der Waals surface area contributed by atoms with Gasteiger partial charge in [0.05, 0.1) is 5.69 Å². The molecular formula is C15H14N4O2. The van der Waals surface area contributed by atoms with Gasteiger partial charge in [-0.2, -0.15) is 5.26 Å². The van der Waals surface area contributed by atoms with Crippen molar-refractivity contribution < 1.29 is 9.53 Å². The summed E-state index contributed by atoms with van der Waals surface area (Å²) in [6, 6.07) is 10.2. The highest BCUT2D eigenvalue weighted by Gasteiger charge is 2.09. The molecule has 6 nitrogen and oxygen atoms in total. The van der Waals surface area contributed by atoms with E-state index in [0.717, 1.165) is 5.56 Å². The lowest BCUT2D eigenvalue weighted by Crippen LogP contribution is -2.22. The fourth-order valence-corrected chi connectivity index (χ4v) is 1.70. The standard InChI is InChI=1S/C15H14N4O2/c16-5-7-21-14-8-12(3-4-13(14)17)15(20)19-10-11-2-1-6-18-9-11/h1-4,6,8-9H,7,10,17H2,(H,19,20). The van der Waals surface area contributed by atoms with E-state index in [1.54, 1.807) is 30.6 Å². The van der Waals surface area contributed by atoms with Gasteiger partial charge in [-0.05, 0) is 29.8 Å². The number of carbonyl (C=O) groups is 1. The van der Waals surface area contributed by atoms with Gasteiger partial charge in [-0.1, -0.05) is 6.07 Å². The second-order valence-corrected chi connectivity index (χ2v) is 4.24. The van der Waals surface area contributed by atoms with Crippen molar-refractivity contribution in [2.24, 2.45) is 0 Å². The average molecular weight is 282 g/mol. The molecule has 1 amide bonds. The van der Waals surface area contributed by atoms with Gasteiger partial charge in [0.1, 0.15) is 11.8 Å². The molecule has 1 aromatic carbocycles. The van der Waals surface area contributed by atoms with Crippen LogP contribution in [0.25, 0.3) is 0 Å². The first-order valence-electron chi connectivity index (χ1n) is 6.27. The average Bonchev–Trinajstić information content (AvgIpc) is 2.53. The molecule has 0 fully saturated rings. The maximum Gasteiger partial charge on any atom is 0.251 e. The number of anilines is 1. The number of amides is 1. The van der Waals surface area contributed by atoms with Crippen LogP contribution in [0.5, 0.6) is 5.75 Å². The molecular weight excluding hydrogens is 268 g/mol. The molecule has 0 radical (unpaired) electrons. The quantitative estimate of drug-likeness (QED) is 0.809. The molecule has 6 heteroatoms. The molecule has 0 aliphatic heterocycles. The molecule has 0 atom stereocenters. The first-order chi connectivity index (χ1) is 10.2. The summed E-state index contributed by atoms with van der Waals surface area (Å²) in [5.41, 5.74) is 7.43. The van der Waals surface area contributed by atoms with Crippen molar-refractivity contribution in [3.63, 3.8) is 0 Å². The molecule has 2 aromatic rings. The van der Waals surface area contributed by atoms with Crippen LogP contribution in [-0.2, 0) is 6.54 Å². The van der Waals surface area contributed by atoms with Crippen molar-refractivity contribution in [3.8, 4) is 11.8 Å². The number of nitrogens with one attached hydrogen (secondary N) is 1. The van der Waals surface area contributed by atoms with Crippen LogP contribution in [-0.4, -0.2) is 17.5 Å². The number of nitrogens with zero attached hydrogens (tertiary/aromatic N) is 2. The zero-order valence-electron chi connectivity index (χ0n) is 11.2. The summed E-state index contributed by atoms with van der Waals surface area (Å²) >= 11 is 0. The Labute approximate surface area is 122 Å². The van der Waals surface area contributed by atoms with Crippen molar-refractivity contribution in [1.29, 1.82) is 5.26 Å². The van der Waals surface area contributed by atoms with Crippen molar-refractivity contribution in [3.05, 3.63) is 53.9 Å². The van der Waals surface area contributed by atoms with Crippen LogP contribution >= 0.6 is 0 Å². The summed E-state index contributed by atoms with van der Waals surface area (Å²) in [6.07, 6.45) is 3.36. The van der Waals surface area contributed by atoms with E-state index >= 15 is 0 Å². The third-order valence-corrected chi connectivity index (χ3v) is 2.74. The van der Waals surface area contributed by atoms with Gasteiger partial charge in [0, 0.05) is 24.5 Å². The minimum Gasteiger partial charge on any atom is -0.477 e. The van der Waals surface area contributed by atoms with Crippen molar-refractivity contribution in [2.75, 3.05) is 12.3 Å². The van der Waals surface area contributed by atoms with Gasteiger partial charge in [0.25, 0.3) is 5.91 Å². The molecule has 1 heterocycles. The van der Waals surface area contributed by atoms with Crippen molar-refractivity contribution in [1.82, 2.24) is 10.3 Å². The highest BCUT2D eigenvalue weighted by molar-refractivity contribution is 5.95. The van der Waals surface area contributed by atoms with Crippen LogP contribution in [0.2, 0.25) is 0 Å². The van der Waals surface area contributed by atoms with Gasteiger partial charge >= 0.3 is 0 Å². The van der Waals surface area contributed by atoms with E-state index in [1.165, 1.54) is 6.07 Å². The number of benzene rings is 1. The van der Waals surface area contributed by atoms with Gasteiger partial charge in [-0.15, -0.1) is 0 Å². The Morgan fingerprint density at radius 1 is 1.43 bits per heavy atom. The highest BCUT2D eigenvalue weighted by atomic mass is 16.5. The Bertz CT molecular complexity index is 665. The van der Waals surface area contributed by atoms with E-state index in [0.29, 0.717) is 23.5 Å². The zero-order chi connectivity index (χ0) is 15.1. The number of nitriles is 1. The Morgan fingerprint density at radius 3 is 3.00 bits per heavy atom. The maximum absolute atomic E-state index is 12.1. The second-order valence-electron chi connectivity index (χ2n) is 4.24. The monoisotopic (exact) mass is 282 g/mol. The van der Waals surface area contributed by atoms with E-state index in [1.807, 2.05) is 12.1 Å². The first-order valence-corrected chi connectivity index (χ1v) is 6.27. The van der Waals surface area contributed by atoms with Gasteiger partial charge in [0.2, 0.25) is 0 Å². The van der Waals surface area contributed by atoms with E-state index in [4.69, 9.17) is 15.7 Å². The summed E-state index contributed by atoms with van der Waals surface area (Å²) < 4.78 is 5.16. The number of nitrogens with two attached hydrogens (primary N) is 1. The van der Waals surface area contributed by atoms with Gasteiger partial charge in [-0.25, -0.2) is 0 Å². The smallest absolute Gasteiger partial charge is 0.251 e. The number of hydrogen-bond acceptors (Lipinski definition) is 5. The number of nitrogen functional groups attached to an aromatic ring is 1. The molecule has 3 N–H and O–H groups in total. The van der Waals surface area contributed by atoms with Crippen molar-refractivity contribution in [2.45, 2.75) is 6.54 Å². The molecule has 0 bridgehead atoms. The third kappa shape index (κ3) is 3.94. The van der Waals surface area contributed by atoms with Crippen LogP contribution in [0.1, 0.15) is 15.9 Å². The number of pyridine rings is 1. The van der Waals surface area contributed by atoms with Gasteiger partial charge in [0.15, 0.2) is 6.61 Å². The minimum absolute atomic E-state index is 0.120. The Balaban J connectivity index is 2.04. The van der Waals surface area contributed by atoms with Crippen LogP contribution in [0.3, 0.4) is 0 Å². The molecule has 0 unspecified atom stereocenters. The number of hydrogen-bond donors (Lipinski definition) is 2. The van der Waals surface area contributed by atoms with E-state index in [2.05, 4.69) is 10.3 Å². The Kier molecular flexibility index (Phi) is 4.72. The molecule has 1 aromatic heterocycles. The first kappa shape index (κ1) is 14.3. The second kappa shape index (κ2) is 6.91. The fraction of sp³-hybridized carbons (Fsp3) is 0.133. The Hall–Kier alpha value is -3.07. The summed E-state index contributed by atoms with van der Waals surface area (Å²) in [7, 11) is 0. The van der Waals surface area contributed by atoms with Crippen LogP contribution < -0.4 is 15.8 Å². The van der Waals surface area contributed by atoms with Gasteiger partial charge in [-0.3, -0.25) is 9.78 Å². The van der Waals surface area contributed by atoms with Crippen molar-refractivity contribution >= 4 is 11.6 Å². The normalized spacial score (nSPS) is 9.67. The van der Waals surface area contributed by atoms with Crippen LogP contribution in [0.15, 0.2) is 42.7 Å². The summed E-state index contributed by atoms with van der Waals surface area (Å²) in [6.45, 7) is 0.260. The van der Waals surface area contributed by atoms with E-state index in [9.17, 15) is 4.79 Å². The third-order valence-electron chi connectivity index (χ3n) is 2.74. The lowest BCUT2D eigenvalue weighted by molar-refractivity contribution is 0.0950. The lowest BCUT2D eigenvalue weighted by atomic mass is 10.1. The molecule has 0 spiro atoms. The predicted octanol–water partition coefficient (Wildman–Crippen LogP) is 1.50. The molecule has 0 saturated heterocycles. The molecule has 2 rings (SSSR count). The predicted molar refractivity (Wildman–Crippen MR) is 77.4 cm³/mol. The number of carbonyl (C=O) groups excluding carboxylic acids is 1. The molecule has 0 saturated carbocycles. The van der Waals surface area contributed by atoms with E-state index < -0.39 is 0 Å². The maximum atomic E-state index is 12.1. The largest absolute Gasteiger partial charge is 0.477 e. The molecule has 106 valence electrons. The SMILES string of the molecule is N#CCOc1cc(C(=O)NCc2cccnc2)ccc1N. The zero-order valence-corrected chi connectivity index (χ0v) is 11.2. The van der Waals surface area contributed by atoms with Gasteiger partial charge < -0.3 is 15.8 Å². The number of rotatable bonds is 5. The fourth-order valence-electron chi connectivity index (χ4n) is 1.70. The minimum atomic E-state index is -0.249. The topological polar surface area (TPSA) is 101 Å². The lowest BCUT2D eigenvalue weighted by Gasteiger charge is -2.09. The summed E-state index contributed by atoms with van der Waals surface area (Å²) in [5.74, 6) is 0.0752. The summed E-state index contributed by atoms with van der Waals surface area (Å²) in [5, 5.41) is 11.3. The number of aromatic nitrogens is 1. The van der Waals surface area contributed by atoms with Crippen LogP contribution in [0.4, 0.5) is 5.69 Å². The molecule has 0 aliphatic rings. The number of ether oxygens (including phenoxy) is 1. The Morgan fingerprint density at radius 2 is 2.29 bits per heavy atom. The van der Waals surface area contributed by atoms with Crippen LogP contribution in [0, 0.1) is 11.3 Å². The molecule has 0 aliphatic carbocycles. The summed E-state index contributed by atoms with van der Waals surface area (Å²) in [4.78, 5) is 16.0. The highest BCUT2D eigenvalue weighted by Crippen LogP contribution is 2.22.